The van der Waals surface area contributed by atoms with Crippen molar-refractivity contribution in [3.63, 3.8) is 0 Å². The summed E-state index contributed by atoms with van der Waals surface area (Å²) in [7, 11) is 1.60. The Morgan fingerprint density at radius 3 is 2.12 bits per heavy atom. The van der Waals surface area contributed by atoms with Gasteiger partial charge in [0.1, 0.15) is 5.75 Å². The molecule has 0 atom stereocenters. The highest BCUT2D eigenvalue weighted by Crippen LogP contribution is 2.39. The lowest BCUT2D eigenvalue weighted by Gasteiger charge is -2.10. The average Bonchev–Trinajstić information content (AvgIpc) is 2.31. The van der Waals surface area contributed by atoms with Gasteiger partial charge in [-0.25, -0.2) is 0 Å². The van der Waals surface area contributed by atoms with Gasteiger partial charge in [-0.1, -0.05) is 40.9 Å². The van der Waals surface area contributed by atoms with Crippen molar-refractivity contribution in [1.29, 1.82) is 0 Å². The maximum Gasteiger partial charge on any atom is 0.119 e. The summed E-state index contributed by atoms with van der Waals surface area (Å²) in [5.74, 6) is 0.709. The zero-order valence-corrected chi connectivity index (χ0v) is 11.3. The van der Waals surface area contributed by atoms with Crippen LogP contribution in [-0.4, -0.2) is 7.11 Å². The smallest absolute Gasteiger partial charge is 0.119 e. The summed E-state index contributed by atoms with van der Waals surface area (Å²) in [6.07, 6.45) is 0. The van der Waals surface area contributed by atoms with Gasteiger partial charge in [0, 0.05) is 26.2 Å². The van der Waals surface area contributed by atoms with Crippen LogP contribution < -0.4 is 4.74 Å². The van der Waals surface area contributed by atoms with Crippen LogP contribution in [0.4, 0.5) is 0 Å². The molecule has 4 heteroatoms. The molecule has 2 aromatic rings. The number of hydrogen-bond acceptors (Lipinski definition) is 1. The van der Waals surface area contributed by atoms with Gasteiger partial charge in [0.15, 0.2) is 0 Å². The number of halogens is 3. The van der Waals surface area contributed by atoms with E-state index in [0.717, 1.165) is 11.1 Å². The van der Waals surface area contributed by atoms with E-state index in [1.807, 2.05) is 6.07 Å². The number of benzene rings is 2. The maximum atomic E-state index is 6.16. The van der Waals surface area contributed by atoms with Gasteiger partial charge in [-0.05, 0) is 30.3 Å². The second kappa shape index (κ2) is 5.18. The number of hydrogen-bond donors (Lipinski definition) is 0. The van der Waals surface area contributed by atoms with E-state index in [9.17, 15) is 0 Å². The summed E-state index contributed by atoms with van der Waals surface area (Å²) in [6, 6.07) is 10.7. The molecule has 0 radical (unpaired) electrons. The van der Waals surface area contributed by atoms with Crippen LogP contribution in [0.2, 0.25) is 15.1 Å². The van der Waals surface area contributed by atoms with Crippen LogP contribution >= 0.6 is 34.8 Å². The van der Waals surface area contributed by atoms with E-state index in [1.54, 1.807) is 37.4 Å². The minimum atomic E-state index is 0.563. The zero-order valence-electron chi connectivity index (χ0n) is 9.01. The van der Waals surface area contributed by atoms with Gasteiger partial charge in [0.25, 0.3) is 0 Å². The minimum Gasteiger partial charge on any atom is -0.497 e. The van der Waals surface area contributed by atoms with E-state index < -0.39 is 0 Å². The Balaban J connectivity index is 2.67. The van der Waals surface area contributed by atoms with Crippen LogP contribution in [0.15, 0.2) is 36.4 Å². The van der Waals surface area contributed by atoms with Crippen molar-refractivity contribution in [3.05, 3.63) is 51.5 Å². The third-order valence-electron chi connectivity index (χ3n) is 2.41. The lowest BCUT2D eigenvalue weighted by atomic mass is 10.1. The van der Waals surface area contributed by atoms with Crippen LogP contribution in [-0.2, 0) is 0 Å². The highest BCUT2D eigenvalue weighted by atomic mass is 35.5. The molecule has 0 spiro atoms. The van der Waals surface area contributed by atoms with Crippen molar-refractivity contribution < 1.29 is 4.74 Å². The first kappa shape index (κ1) is 12.6. The standard InChI is InChI=1S/C13H9Cl3O/c1-17-8-5-6-10(14)9(7-8)13-11(15)3-2-4-12(13)16/h2-7H,1H3. The second-order valence-corrected chi connectivity index (χ2v) is 4.66. The molecule has 0 heterocycles. The van der Waals surface area contributed by atoms with E-state index >= 15 is 0 Å². The van der Waals surface area contributed by atoms with Crippen molar-refractivity contribution in [2.45, 2.75) is 0 Å². The monoisotopic (exact) mass is 286 g/mol. The van der Waals surface area contributed by atoms with Crippen LogP contribution in [0.1, 0.15) is 0 Å². The Hall–Kier alpha value is -0.890. The molecule has 0 amide bonds. The van der Waals surface area contributed by atoms with Crippen LogP contribution in [0.25, 0.3) is 11.1 Å². The molecule has 0 saturated heterocycles. The van der Waals surface area contributed by atoms with Crippen molar-refractivity contribution in [2.24, 2.45) is 0 Å². The molecule has 0 bridgehead atoms. The largest absolute Gasteiger partial charge is 0.497 e. The van der Waals surface area contributed by atoms with Gasteiger partial charge >= 0.3 is 0 Å². The Morgan fingerprint density at radius 2 is 1.53 bits per heavy atom. The van der Waals surface area contributed by atoms with E-state index in [1.165, 1.54) is 0 Å². The molecule has 0 aliphatic heterocycles. The molecule has 2 aromatic carbocycles. The van der Waals surface area contributed by atoms with E-state index in [4.69, 9.17) is 39.5 Å². The fourth-order valence-corrected chi connectivity index (χ4v) is 2.39. The molecule has 0 aliphatic carbocycles. The number of methoxy groups -OCH3 is 1. The highest BCUT2D eigenvalue weighted by molar-refractivity contribution is 6.41. The predicted octanol–water partition coefficient (Wildman–Crippen LogP) is 5.32. The summed E-state index contributed by atoms with van der Waals surface area (Å²) in [4.78, 5) is 0. The van der Waals surface area contributed by atoms with Crippen molar-refractivity contribution in [3.8, 4) is 16.9 Å². The first-order valence-corrected chi connectivity index (χ1v) is 6.05. The van der Waals surface area contributed by atoms with Crippen LogP contribution in [0.5, 0.6) is 5.75 Å². The van der Waals surface area contributed by atoms with Gasteiger partial charge in [-0.2, -0.15) is 0 Å². The van der Waals surface area contributed by atoms with Crippen molar-refractivity contribution in [2.75, 3.05) is 7.11 Å². The third-order valence-corrected chi connectivity index (χ3v) is 3.37. The molecule has 0 N–H and O–H groups in total. The Morgan fingerprint density at radius 1 is 0.882 bits per heavy atom. The fraction of sp³-hybridized carbons (Fsp3) is 0.0769. The van der Waals surface area contributed by atoms with E-state index in [0.29, 0.717) is 20.8 Å². The summed E-state index contributed by atoms with van der Waals surface area (Å²) >= 11 is 18.5. The van der Waals surface area contributed by atoms with Gasteiger partial charge in [0.05, 0.1) is 7.11 Å². The highest BCUT2D eigenvalue weighted by Gasteiger charge is 2.12. The SMILES string of the molecule is COc1ccc(Cl)c(-c2c(Cl)cccc2Cl)c1. The molecule has 2 rings (SSSR count). The maximum absolute atomic E-state index is 6.16. The Labute approximate surface area is 115 Å². The quantitative estimate of drug-likeness (QED) is 0.726. The molecule has 0 saturated carbocycles. The topological polar surface area (TPSA) is 9.23 Å². The molecular formula is C13H9Cl3O. The normalized spacial score (nSPS) is 10.4. The first-order valence-electron chi connectivity index (χ1n) is 4.91. The lowest BCUT2D eigenvalue weighted by molar-refractivity contribution is 0.415. The lowest BCUT2D eigenvalue weighted by Crippen LogP contribution is -1.87. The molecule has 17 heavy (non-hydrogen) atoms. The fourth-order valence-electron chi connectivity index (χ4n) is 1.58. The minimum absolute atomic E-state index is 0.563. The van der Waals surface area contributed by atoms with Crippen LogP contribution in [0, 0.1) is 0 Å². The van der Waals surface area contributed by atoms with E-state index in [2.05, 4.69) is 0 Å². The van der Waals surface area contributed by atoms with Gasteiger partial charge in [-0.3, -0.25) is 0 Å². The molecule has 1 nitrogen and oxygen atoms in total. The summed E-state index contributed by atoms with van der Waals surface area (Å²) in [5.41, 5.74) is 1.49. The average molecular weight is 288 g/mol. The summed E-state index contributed by atoms with van der Waals surface area (Å²) in [5, 5.41) is 1.71. The van der Waals surface area contributed by atoms with Crippen molar-refractivity contribution >= 4 is 34.8 Å². The predicted molar refractivity (Wildman–Crippen MR) is 73.5 cm³/mol. The van der Waals surface area contributed by atoms with Gasteiger partial charge in [-0.15, -0.1) is 0 Å². The molecule has 0 fully saturated rings. The zero-order chi connectivity index (χ0) is 12.4. The van der Waals surface area contributed by atoms with Crippen molar-refractivity contribution in [1.82, 2.24) is 0 Å². The second-order valence-electron chi connectivity index (χ2n) is 3.44. The Kier molecular flexibility index (Phi) is 3.82. The molecule has 0 aromatic heterocycles. The van der Waals surface area contributed by atoms with Gasteiger partial charge in [0.2, 0.25) is 0 Å². The molecule has 88 valence electrons. The molecule has 0 unspecified atom stereocenters. The first-order chi connectivity index (χ1) is 8.13. The third kappa shape index (κ3) is 2.52. The summed E-state index contributed by atoms with van der Waals surface area (Å²) < 4.78 is 5.17. The van der Waals surface area contributed by atoms with E-state index in [-0.39, 0.29) is 0 Å². The Bertz CT molecular complexity index is 532. The molecule has 0 aliphatic rings. The van der Waals surface area contributed by atoms with Crippen LogP contribution in [0.3, 0.4) is 0 Å². The number of rotatable bonds is 2. The molecular weight excluding hydrogens is 279 g/mol. The number of ether oxygens (including phenoxy) is 1. The van der Waals surface area contributed by atoms with Gasteiger partial charge < -0.3 is 4.74 Å². The summed E-state index contributed by atoms with van der Waals surface area (Å²) in [6.45, 7) is 0.